The molecule has 1 rings (SSSR count). The van der Waals surface area contributed by atoms with Crippen molar-refractivity contribution in [2.24, 2.45) is 0 Å². The lowest BCUT2D eigenvalue weighted by Crippen LogP contribution is -1.94. The van der Waals surface area contributed by atoms with Gasteiger partial charge >= 0.3 is 0 Å². The summed E-state index contributed by atoms with van der Waals surface area (Å²) in [5, 5.41) is 9.73. The number of aliphatic hydroxyl groups excluding tert-OH is 1. The molecule has 0 aliphatic heterocycles. The van der Waals surface area contributed by atoms with Gasteiger partial charge in [0.15, 0.2) is 0 Å². The topological polar surface area (TPSA) is 20.2 Å². The van der Waals surface area contributed by atoms with Gasteiger partial charge in [0.1, 0.15) is 0 Å². The van der Waals surface area contributed by atoms with Crippen LogP contribution in [0.1, 0.15) is 41.2 Å². The molecule has 0 amide bonds. The smallest absolute Gasteiger partial charge is 0.0884 e. The number of aryl methyl sites for hydroxylation is 2. The minimum Gasteiger partial charge on any atom is -0.388 e. The molecular formula is C10H16OS. The Morgan fingerprint density at radius 1 is 1.50 bits per heavy atom. The summed E-state index contributed by atoms with van der Waals surface area (Å²) >= 11 is 1.71. The fraction of sp³-hybridized carbons (Fsp3) is 0.600. The first kappa shape index (κ1) is 9.75. The van der Waals surface area contributed by atoms with Gasteiger partial charge in [0.2, 0.25) is 0 Å². The van der Waals surface area contributed by atoms with E-state index < -0.39 is 0 Å². The van der Waals surface area contributed by atoms with Crippen LogP contribution in [0.3, 0.4) is 0 Å². The Kier molecular flexibility index (Phi) is 3.29. The first-order valence-electron chi connectivity index (χ1n) is 4.40. The molecule has 0 aromatic carbocycles. The Balaban J connectivity index is 2.79. The molecule has 1 N–H and O–H groups in total. The van der Waals surface area contributed by atoms with Crippen LogP contribution in [0.5, 0.6) is 0 Å². The average molecular weight is 184 g/mol. The molecule has 1 aromatic rings. The lowest BCUT2D eigenvalue weighted by atomic mass is 10.1. The lowest BCUT2D eigenvalue weighted by Gasteiger charge is -2.07. The van der Waals surface area contributed by atoms with Gasteiger partial charge in [0.05, 0.1) is 6.10 Å². The number of aliphatic hydroxyl groups is 1. The summed E-state index contributed by atoms with van der Waals surface area (Å²) in [5.74, 6) is 0. The predicted molar refractivity (Wildman–Crippen MR) is 53.7 cm³/mol. The highest BCUT2D eigenvalue weighted by Gasteiger charge is 2.11. The van der Waals surface area contributed by atoms with E-state index in [4.69, 9.17) is 0 Å². The van der Waals surface area contributed by atoms with Crippen molar-refractivity contribution in [1.29, 1.82) is 0 Å². The van der Waals surface area contributed by atoms with Crippen molar-refractivity contribution in [3.8, 4) is 0 Å². The highest BCUT2D eigenvalue weighted by molar-refractivity contribution is 7.12. The zero-order valence-electron chi connectivity index (χ0n) is 7.92. The van der Waals surface area contributed by atoms with Crippen LogP contribution in [0.4, 0.5) is 0 Å². The molecule has 1 atom stereocenters. The van der Waals surface area contributed by atoms with Gasteiger partial charge < -0.3 is 5.11 Å². The molecule has 0 aliphatic carbocycles. The molecule has 0 radical (unpaired) electrons. The van der Waals surface area contributed by atoms with Crippen molar-refractivity contribution in [3.63, 3.8) is 0 Å². The van der Waals surface area contributed by atoms with Crippen molar-refractivity contribution < 1.29 is 5.11 Å². The summed E-state index contributed by atoms with van der Waals surface area (Å²) in [4.78, 5) is 2.44. The maximum Gasteiger partial charge on any atom is 0.0884 e. The fourth-order valence-electron chi connectivity index (χ4n) is 1.39. The van der Waals surface area contributed by atoms with Crippen LogP contribution in [-0.2, 0) is 0 Å². The van der Waals surface area contributed by atoms with E-state index in [1.165, 1.54) is 10.4 Å². The third-order valence-electron chi connectivity index (χ3n) is 1.94. The molecule has 0 saturated heterocycles. The van der Waals surface area contributed by atoms with Crippen molar-refractivity contribution in [2.45, 2.75) is 39.7 Å². The van der Waals surface area contributed by atoms with Gasteiger partial charge in [0, 0.05) is 9.75 Å². The molecule has 0 spiro atoms. The summed E-state index contributed by atoms with van der Waals surface area (Å²) in [5.41, 5.74) is 1.23. The summed E-state index contributed by atoms with van der Waals surface area (Å²) in [6.07, 6.45) is 1.67. The van der Waals surface area contributed by atoms with Gasteiger partial charge in [-0.2, -0.15) is 0 Å². The maximum atomic E-state index is 9.73. The highest BCUT2D eigenvalue weighted by Crippen LogP contribution is 2.29. The summed E-state index contributed by atoms with van der Waals surface area (Å²) in [7, 11) is 0. The van der Waals surface area contributed by atoms with Crippen molar-refractivity contribution in [3.05, 3.63) is 21.4 Å². The van der Waals surface area contributed by atoms with Crippen LogP contribution in [0, 0.1) is 13.8 Å². The second kappa shape index (κ2) is 4.06. The molecule has 1 aromatic heterocycles. The number of hydrogen-bond acceptors (Lipinski definition) is 2. The molecule has 12 heavy (non-hydrogen) atoms. The van der Waals surface area contributed by atoms with Crippen molar-refractivity contribution >= 4 is 11.3 Å². The first-order chi connectivity index (χ1) is 5.65. The zero-order valence-corrected chi connectivity index (χ0v) is 8.74. The summed E-state index contributed by atoms with van der Waals surface area (Å²) < 4.78 is 0. The van der Waals surface area contributed by atoms with Crippen LogP contribution < -0.4 is 0 Å². The molecule has 0 fully saturated rings. The van der Waals surface area contributed by atoms with Gasteiger partial charge in [-0.15, -0.1) is 11.3 Å². The van der Waals surface area contributed by atoms with Crippen molar-refractivity contribution in [2.75, 3.05) is 0 Å². The van der Waals surface area contributed by atoms with Gasteiger partial charge in [-0.3, -0.25) is 0 Å². The van der Waals surface area contributed by atoms with Crippen LogP contribution in [0.15, 0.2) is 6.07 Å². The third-order valence-corrected chi connectivity index (χ3v) is 3.20. The average Bonchev–Trinajstić information content (AvgIpc) is 2.30. The molecule has 0 saturated carbocycles. The second-order valence-electron chi connectivity index (χ2n) is 3.21. The fourth-order valence-corrected chi connectivity index (χ4v) is 2.45. The summed E-state index contributed by atoms with van der Waals surface area (Å²) in [6.45, 7) is 6.25. The minimum atomic E-state index is -0.242. The Hall–Kier alpha value is -0.340. The largest absolute Gasteiger partial charge is 0.388 e. The molecule has 0 aliphatic rings. The molecule has 68 valence electrons. The van der Waals surface area contributed by atoms with E-state index in [2.05, 4.69) is 26.8 Å². The van der Waals surface area contributed by atoms with Crippen LogP contribution in [0.25, 0.3) is 0 Å². The van der Waals surface area contributed by atoms with E-state index in [9.17, 15) is 5.11 Å². The highest BCUT2D eigenvalue weighted by atomic mass is 32.1. The molecule has 0 bridgehead atoms. The van der Waals surface area contributed by atoms with Gasteiger partial charge in [-0.05, 0) is 31.9 Å². The Morgan fingerprint density at radius 2 is 2.17 bits per heavy atom. The maximum absolute atomic E-state index is 9.73. The first-order valence-corrected chi connectivity index (χ1v) is 5.21. The van der Waals surface area contributed by atoms with Crippen LogP contribution in [-0.4, -0.2) is 5.11 Å². The van der Waals surface area contributed by atoms with E-state index in [0.717, 1.165) is 17.7 Å². The van der Waals surface area contributed by atoms with Crippen molar-refractivity contribution in [1.82, 2.24) is 0 Å². The Morgan fingerprint density at radius 3 is 2.58 bits per heavy atom. The molecule has 1 heterocycles. The van der Waals surface area contributed by atoms with E-state index in [-0.39, 0.29) is 6.10 Å². The minimum absolute atomic E-state index is 0.242. The molecule has 1 nitrogen and oxygen atoms in total. The van der Waals surface area contributed by atoms with E-state index in [1.54, 1.807) is 11.3 Å². The van der Waals surface area contributed by atoms with Gasteiger partial charge in [-0.1, -0.05) is 13.3 Å². The predicted octanol–water partition coefficient (Wildman–Crippen LogP) is 3.20. The second-order valence-corrected chi connectivity index (χ2v) is 4.50. The summed E-state index contributed by atoms with van der Waals surface area (Å²) in [6, 6.07) is 2.14. The Bertz CT molecular complexity index is 252. The normalized spacial score (nSPS) is 13.3. The number of rotatable bonds is 3. The lowest BCUT2D eigenvalue weighted by molar-refractivity contribution is 0.169. The molecular weight excluding hydrogens is 168 g/mol. The van der Waals surface area contributed by atoms with E-state index >= 15 is 0 Å². The SMILES string of the molecule is CCCC(O)c1sc(C)cc1C. The Labute approximate surface area is 78.1 Å². The number of hydrogen-bond donors (Lipinski definition) is 1. The standard InChI is InChI=1S/C10H16OS/c1-4-5-9(11)10-7(2)6-8(3)12-10/h6,9,11H,4-5H2,1-3H3. The monoisotopic (exact) mass is 184 g/mol. The quantitative estimate of drug-likeness (QED) is 0.765. The molecule has 1 unspecified atom stereocenters. The van der Waals surface area contributed by atoms with E-state index in [0.29, 0.717) is 0 Å². The van der Waals surface area contributed by atoms with E-state index in [1.807, 2.05) is 0 Å². The van der Waals surface area contributed by atoms with Crippen LogP contribution >= 0.6 is 11.3 Å². The van der Waals surface area contributed by atoms with Crippen LogP contribution in [0.2, 0.25) is 0 Å². The number of thiophene rings is 1. The molecule has 2 heteroatoms. The zero-order chi connectivity index (χ0) is 9.14. The van der Waals surface area contributed by atoms with Gasteiger partial charge in [-0.25, -0.2) is 0 Å². The third kappa shape index (κ3) is 2.08. The van der Waals surface area contributed by atoms with Gasteiger partial charge in [0.25, 0.3) is 0 Å².